The summed E-state index contributed by atoms with van der Waals surface area (Å²) in [4.78, 5) is 21.9. The SMILES string of the molecule is Cc1cc(N2CCN(CCC(=O)c3ccc(Br)s3)CC2)cc(Cl)n1. The molecule has 0 unspecified atom stereocenters. The first-order valence-corrected chi connectivity index (χ1v) is 9.90. The average molecular weight is 429 g/mol. The van der Waals surface area contributed by atoms with E-state index < -0.39 is 0 Å². The summed E-state index contributed by atoms with van der Waals surface area (Å²) in [5.74, 6) is 0.227. The Kier molecular flexibility index (Phi) is 5.92. The van der Waals surface area contributed by atoms with Crippen LogP contribution >= 0.6 is 38.9 Å². The van der Waals surface area contributed by atoms with Gasteiger partial charge in [-0.25, -0.2) is 4.98 Å². The maximum absolute atomic E-state index is 12.2. The van der Waals surface area contributed by atoms with E-state index in [1.807, 2.05) is 25.1 Å². The first kappa shape index (κ1) is 17.9. The van der Waals surface area contributed by atoms with Gasteiger partial charge in [0.05, 0.1) is 8.66 Å². The van der Waals surface area contributed by atoms with Crippen LogP contribution in [-0.4, -0.2) is 48.4 Å². The van der Waals surface area contributed by atoms with Crippen LogP contribution in [0.5, 0.6) is 0 Å². The fourth-order valence-electron chi connectivity index (χ4n) is 2.87. The van der Waals surface area contributed by atoms with Gasteiger partial charge in [-0.15, -0.1) is 11.3 Å². The standard InChI is InChI=1S/C17H19BrClN3OS/c1-12-10-13(11-17(19)20-12)22-8-6-21(7-9-22)5-4-14(23)15-2-3-16(18)24-15/h2-3,10-11H,4-9H2,1H3. The number of anilines is 1. The largest absolute Gasteiger partial charge is 0.369 e. The van der Waals surface area contributed by atoms with Gasteiger partial charge in [0.2, 0.25) is 0 Å². The molecule has 0 spiro atoms. The molecule has 3 rings (SSSR count). The number of aromatic nitrogens is 1. The van der Waals surface area contributed by atoms with E-state index in [1.54, 1.807) is 0 Å². The molecule has 0 radical (unpaired) electrons. The second kappa shape index (κ2) is 7.95. The lowest BCUT2D eigenvalue weighted by atomic mass is 10.2. The molecule has 3 heterocycles. The van der Waals surface area contributed by atoms with Gasteiger partial charge in [0.25, 0.3) is 0 Å². The van der Waals surface area contributed by atoms with Crippen LogP contribution in [0.1, 0.15) is 21.8 Å². The molecule has 0 N–H and O–H groups in total. The molecule has 1 saturated heterocycles. The van der Waals surface area contributed by atoms with Crippen LogP contribution in [0.25, 0.3) is 0 Å². The Morgan fingerprint density at radius 2 is 2.04 bits per heavy atom. The zero-order valence-corrected chi connectivity index (χ0v) is 16.6. The fraction of sp³-hybridized carbons (Fsp3) is 0.412. The lowest BCUT2D eigenvalue weighted by molar-refractivity contribution is 0.0966. The summed E-state index contributed by atoms with van der Waals surface area (Å²) in [6, 6.07) is 7.81. The zero-order chi connectivity index (χ0) is 17.1. The zero-order valence-electron chi connectivity index (χ0n) is 13.5. The number of hydrogen-bond acceptors (Lipinski definition) is 5. The van der Waals surface area contributed by atoms with Gasteiger partial charge in [-0.3, -0.25) is 9.69 Å². The van der Waals surface area contributed by atoms with Crippen LogP contribution < -0.4 is 4.90 Å². The summed E-state index contributed by atoms with van der Waals surface area (Å²) < 4.78 is 1.01. The smallest absolute Gasteiger partial charge is 0.174 e. The number of ketones is 1. The quantitative estimate of drug-likeness (QED) is 0.526. The first-order valence-electron chi connectivity index (χ1n) is 7.91. The van der Waals surface area contributed by atoms with Crippen molar-refractivity contribution in [3.05, 3.63) is 43.8 Å². The van der Waals surface area contributed by atoms with E-state index in [4.69, 9.17) is 11.6 Å². The minimum Gasteiger partial charge on any atom is -0.369 e. The normalized spacial score (nSPS) is 15.7. The second-order valence-corrected chi connectivity index (χ2v) is 8.75. The molecule has 0 atom stereocenters. The maximum Gasteiger partial charge on any atom is 0.174 e. The Morgan fingerprint density at radius 3 is 2.67 bits per heavy atom. The molecule has 2 aromatic rings. The summed E-state index contributed by atoms with van der Waals surface area (Å²) in [5.41, 5.74) is 2.07. The number of halogens is 2. The van der Waals surface area contributed by atoms with Crippen LogP contribution in [0.3, 0.4) is 0 Å². The molecule has 0 bridgehead atoms. The van der Waals surface area contributed by atoms with Crippen LogP contribution in [-0.2, 0) is 0 Å². The number of carbonyl (C=O) groups excluding carboxylic acids is 1. The fourth-order valence-corrected chi connectivity index (χ4v) is 4.47. The highest BCUT2D eigenvalue weighted by atomic mass is 79.9. The lowest BCUT2D eigenvalue weighted by Gasteiger charge is -2.36. The van der Waals surface area contributed by atoms with Gasteiger partial charge in [-0.05, 0) is 47.1 Å². The molecule has 0 aromatic carbocycles. The van der Waals surface area contributed by atoms with Crippen molar-refractivity contribution in [1.82, 2.24) is 9.88 Å². The van der Waals surface area contributed by atoms with Gasteiger partial charge in [-0.1, -0.05) is 11.6 Å². The molecule has 0 aliphatic carbocycles. The summed E-state index contributed by atoms with van der Waals surface area (Å²) in [7, 11) is 0. The van der Waals surface area contributed by atoms with Crippen molar-refractivity contribution >= 4 is 50.3 Å². The van der Waals surface area contributed by atoms with Gasteiger partial charge in [0.1, 0.15) is 5.15 Å². The molecular weight excluding hydrogens is 410 g/mol. The summed E-state index contributed by atoms with van der Waals surface area (Å²) in [6.45, 7) is 6.58. The Balaban J connectivity index is 1.49. The Hall–Kier alpha value is -0.950. The number of aryl methyl sites for hydroxylation is 1. The number of thiophene rings is 1. The van der Waals surface area contributed by atoms with Crippen LogP contribution in [0, 0.1) is 6.92 Å². The number of hydrogen-bond donors (Lipinski definition) is 0. The minimum atomic E-state index is 0.227. The van der Waals surface area contributed by atoms with Crippen LogP contribution in [0.2, 0.25) is 5.15 Å². The highest BCUT2D eigenvalue weighted by molar-refractivity contribution is 9.11. The summed E-state index contributed by atoms with van der Waals surface area (Å²) in [6.07, 6.45) is 0.577. The third kappa shape index (κ3) is 4.57. The van der Waals surface area contributed by atoms with Crippen molar-refractivity contribution in [2.24, 2.45) is 0 Å². The topological polar surface area (TPSA) is 36.4 Å². The molecular formula is C17H19BrClN3OS. The van der Waals surface area contributed by atoms with E-state index in [0.29, 0.717) is 11.6 Å². The summed E-state index contributed by atoms with van der Waals surface area (Å²) >= 11 is 11.0. The predicted octanol–water partition coefficient (Wildman–Crippen LogP) is 4.26. The van der Waals surface area contributed by atoms with E-state index >= 15 is 0 Å². The molecule has 7 heteroatoms. The van der Waals surface area contributed by atoms with E-state index in [9.17, 15) is 4.79 Å². The minimum absolute atomic E-state index is 0.227. The van der Waals surface area contributed by atoms with E-state index in [0.717, 1.165) is 52.8 Å². The molecule has 128 valence electrons. The molecule has 2 aromatic heterocycles. The predicted molar refractivity (Wildman–Crippen MR) is 104 cm³/mol. The third-order valence-electron chi connectivity index (χ3n) is 4.15. The van der Waals surface area contributed by atoms with Gasteiger partial charge < -0.3 is 4.90 Å². The van der Waals surface area contributed by atoms with Crippen molar-refractivity contribution in [2.45, 2.75) is 13.3 Å². The Morgan fingerprint density at radius 1 is 1.29 bits per heavy atom. The van der Waals surface area contributed by atoms with Gasteiger partial charge in [-0.2, -0.15) is 0 Å². The molecule has 0 saturated carbocycles. The van der Waals surface area contributed by atoms with E-state index in [2.05, 4.69) is 36.8 Å². The highest BCUT2D eigenvalue weighted by Crippen LogP contribution is 2.24. The number of rotatable bonds is 5. The van der Waals surface area contributed by atoms with Gasteiger partial charge in [0.15, 0.2) is 5.78 Å². The molecule has 24 heavy (non-hydrogen) atoms. The average Bonchev–Trinajstić information content (AvgIpc) is 2.99. The number of pyridine rings is 1. The first-order chi connectivity index (χ1) is 11.5. The Labute approximate surface area is 159 Å². The number of carbonyl (C=O) groups is 1. The van der Waals surface area contributed by atoms with E-state index in [-0.39, 0.29) is 5.78 Å². The molecule has 1 fully saturated rings. The number of Topliss-reactive ketones (excluding diaryl/α,β-unsaturated/α-hetero) is 1. The highest BCUT2D eigenvalue weighted by Gasteiger charge is 2.19. The molecule has 1 aliphatic rings. The van der Waals surface area contributed by atoms with Crippen LogP contribution in [0.4, 0.5) is 5.69 Å². The molecule has 4 nitrogen and oxygen atoms in total. The van der Waals surface area contributed by atoms with Crippen molar-refractivity contribution in [2.75, 3.05) is 37.6 Å². The number of piperazine rings is 1. The molecule has 0 amide bonds. The van der Waals surface area contributed by atoms with E-state index in [1.165, 1.54) is 11.3 Å². The summed E-state index contributed by atoms with van der Waals surface area (Å²) in [5, 5.41) is 0.542. The Bertz CT molecular complexity index is 708. The third-order valence-corrected chi connectivity index (χ3v) is 6.01. The van der Waals surface area contributed by atoms with Crippen molar-refractivity contribution < 1.29 is 4.79 Å². The number of nitrogens with zero attached hydrogens (tertiary/aromatic N) is 3. The molecule has 1 aliphatic heterocycles. The second-order valence-electron chi connectivity index (χ2n) is 5.90. The van der Waals surface area contributed by atoms with Crippen molar-refractivity contribution in [3.8, 4) is 0 Å². The van der Waals surface area contributed by atoms with Crippen LogP contribution in [0.15, 0.2) is 28.1 Å². The van der Waals surface area contributed by atoms with Gasteiger partial charge >= 0.3 is 0 Å². The monoisotopic (exact) mass is 427 g/mol. The van der Waals surface area contributed by atoms with Crippen molar-refractivity contribution in [3.63, 3.8) is 0 Å². The van der Waals surface area contributed by atoms with Gasteiger partial charge in [0, 0.05) is 50.5 Å². The van der Waals surface area contributed by atoms with Crippen molar-refractivity contribution in [1.29, 1.82) is 0 Å². The maximum atomic E-state index is 12.2. The lowest BCUT2D eigenvalue weighted by Crippen LogP contribution is -2.47.